The van der Waals surface area contributed by atoms with Gasteiger partial charge in [-0.05, 0) is 0 Å². The quantitative estimate of drug-likeness (QED) is 0.165. The van der Waals surface area contributed by atoms with Crippen LogP contribution in [0.2, 0.25) is 13.3 Å². The van der Waals surface area contributed by atoms with Crippen LogP contribution in [0.4, 0.5) is 8.78 Å². The maximum absolute atomic E-state index is 13.8. The molecule has 0 saturated heterocycles. The fourth-order valence-electron chi connectivity index (χ4n) is 2.96. The average Bonchev–Trinajstić information content (AvgIpc) is 2.51. The van der Waals surface area contributed by atoms with Crippen LogP contribution in [0.25, 0.3) is 0 Å². The third kappa shape index (κ3) is 9.11. The van der Waals surface area contributed by atoms with Crippen molar-refractivity contribution >= 4 is 18.4 Å². The first-order valence-corrected chi connectivity index (χ1v) is 16.7. The Balaban J connectivity index is 5.47. The van der Waals surface area contributed by atoms with E-state index in [1.807, 2.05) is 19.9 Å². The second-order valence-electron chi connectivity index (χ2n) is 6.77. The number of unbranched alkanes of at least 4 members (excludes halogenated alkanes) is 3. The molecule has 0 aromatic carbocycles. The number of hydrogen-bond acceptors (Lipinski definition) is 1. The zero-order chi connectivity index (χ0) is 17.7. The van der Waals surface area contributed by atoms with Crippen LogP contribution in [-0.2, 0) is 4.74 Å². The fraction of sp³-hybridized carbons (Fsp3) is 0.789. The molecule has 23 heavy (non-hydrogen) atoms. The standard InChI is InChI=1S/C7H9F2O.3C4H9.Sn/c1-6(2)3-4-10-5-7(8)9;3*1-3-4-2;/h3H,4H2,1-2H3;3*1,3-4H2,2H3;. The zero-order valence-electron chi connectivity index (χ0n) is 15.8. The summed E-state index contributed by atoms with van der Waals surface area (Å²) in [6.45, 7) is 10.7. The fourth-order valence-corrected chi connectivity index (χ4v) is 18.1. The van der Waals surface area contributed by atoms with E-state index in [0.717, 1.165) is 57.4 Å². The Morgan fingerprint density at radius 1 is 0.870 bits per heavy atom. The molecule has 0 aromatic heterocycles. The summed E-state index contributed by atoms with van der Waals surface area (Å²) in [5, 5.41) is 0. The van der Waals surface area contributed by atoms with Gasteiger partial charge in [0, 0.05) is 0 Å². The molecule has 0 heterocycles. The van der Waals surface area contributed by atoms with Crippen LogP contribution in [0.5, 0.6) is 0 Å². The minimum absolute atomic E-state index is 0.173. The number of halogens is 2. The van der Waals surface area contributed by atoms with Crippen molar-refractivity contribution in [1.29, 1.82) is 0 Å². The Bertz CT molecular complexity index is 348. The Morgan fingerprint density at radius 2 is 1.30 bits per heavy atom. The Hall–Kier alpha value is -0.0613. The van der Waals surface area contributed by atoms with Crippen molar-refractivity contribution in [3.8, 4) is 0 Å². The molecule has 0 aliphatic rings. The van der Waals surface area contributed by atoms with Gasteiger partial charge in [-0.1, -0.05) is 0 Å². The predicted octanol–water partition coefficient (Wildman–Crippen LogP) is 7.47. The van der Waals surface area contributed by atoms with Crippen LogP contribution in [0.3, 0.4) is 0 Å². The van der Waals surface area contributed by atoms with Crippen molar-refractivity contribution in [2.45, 2.75) is 86.5 Å². The summed E-state index contributed by atoms with van der Waals surface area (Å²) in [5.74, 6) is 0. The molecule has 0 fully saturated rings. The van der Waals surface area contributed by atoms with Gasteiger partial charge in [0.25, 0.3) is 0 Å². The molecule has 0 saturated carbocycles. The molecule has 0 bridgehead atoms. The molecule has 0 N–H and O–H groups in total. The molecule has 136 valence electrons. The normalized spacial score (nSPS) is 11.3. The monoisotopic (exact) mass is 438 g/mol. The third-order valence-electron chi connectivity index (χ3n) is 4.40. The van der Waals surface area contributed by atoms with Crippen molar-refractivity contribution in [3.05, 3.63) is 21.5 Å². The molecule has 0 rings (SSSR count). The molecule has 4 heteroatoms. The SMILES string of the molecule is CCC[CH2][Sn]([CH2]CCC)([CH2]CCC)[C](OCC=C(C)C)=C(F)F. The van der Waals surface area contributed by atoms with E-state index in [1.165, 1.54) is 0 Å². The van der Waals surface area contributed by atoms with Crippen molar-refractivity contribution in [2.75, 3.05) is 6.61 Å². The van der Waals surface area contributed by atoms with Crippen molar-refractivity contribution in [2.24, 2.45) is 0 Å². The summed E-state index contributed by atoms with van der Waals surface area (Å²) in [6.07, 6.45) is 6.78. The third-order valence-corrected chi connectivity index (χ3v) is 19.3. The van der Waals surface area contributed by atoms with Crippen LogP contribution in [0, 0.1) is 0 Å². The van der Waals surface area contributed by atoms with Gasteiger partial charge in [-0.25, -0.2) is 0 Å². The molecule has 0 aliphatic heterocycles. The van der Waals surface area contributed by atoms with Crippen molar-refractivity contribution in [1.82, 2.24) is 0 Å². The molecular weight excluding hydrogens is 401 g/mol. The van der Waals surface area contributed by atoms with E-state index in [9.17, 15) is 8.78 Å². The number of hydrogen-bond donors (Lipinski definition) is 0. The van der Waals surface area contributed by atoms with Gasteiger partial charge in [0.05, 0.1) is 0 Å². The van der Waals surface area contributed by atoms with Crippen molar-refractivity contribution < 1.29 is 13.5 Å². The van der Waals surface area contributed by atoms with Gasteiger partial charge < -0.3 is 0 Å². The van der Waals surface area contributed by atoms with E-state index >= 15 is 0 Å². The molecule has 0 amide bonds. The van der Waals surface area contributed by atoms with E-state index in [0.29, 0.717) is 0 Å². The molecule has 0 aromatic rings. The van der Waals surface area contributed by atoms with Gasteiger partial charge in [-0.3, -0.25) is 0 Å². The Morgan fingerprint density at radius 3 is 1.61 bits per heavy atom. The number of rotatable bonds is 13. The van der Waals surface area contributed by atoms with E-state index in [4.69, 9.17) is 4.74 Å². The van der Waals surface area contributed by atoms with Gasteiger partial charge in [-0.15, -0.1) is 0 Å². The van der Waals surface area contributed by atoms with Gasteiger partial charge in [0.2, 0.25) is 0 Å². The first-order valence-electron chi connectivity index (χ1n) is 9.25. The minimum atomic E-state index is -3.14. The van der Waals surface area contributed by atoms with Gasteiger partial charge in [0.1, 0.15) is 0 Å². The van der Waals surface area contributed by atoms with Gasteiger partial charge >= 0.3 is 146 Å². The molecular formula is C19H36F2OSn. The summed E-state index contributed by atoms with van der Waals surface area (Å²) in [7, 11) is 0. The number of allylic oxidation sites excluding steroid dienone is 1. The molecule has 0 radical (unpaired) electrons. The van der Waals surface area contributed by atoms with E-state index in [2.05, 4.69) is 20.8 Å². The maximum atomic E-state index is 13.8. The second-order valence-corrected chi connectivity index (χ2v) is 19.7. The summed E-state index contributed by atoms with van der Waals surface area (Å²) in [4.78, 5) is 0. The predicted molar refractivity (Wildman–Crippen MR) is 99.5 cm³/mol. The van der Waals surface area contributed by atoms with E-state index < -0.39 is 24.5 Å². The van der Waals surface area contributed by atoms with Crippen LogP contribution in [0.15, 0.2) is 21.5 Å². The van der Waals surface area contributed by atoms with Crippen LogP contribution in [-0.4, -0.2) is 25.0 Å². The first kappa shape index (κ1) is 22.9. The number of ether oxygens (including phenoxy) is 1. The Kier molecular flexibility index (Phi) is 13.2. The topological polar surface area (TPSA) is 9.23 Å². The van der Waals surface area contributed by atoms with Crippen LogP contribution < -0.4 is 0 Å². The first-order chi connectivity index (χ1) is 10.9. The summed E-state index contributed by atoms with van der Waals surface area (Å²) in [6, 6.07) is 0. The summed E-state index contributed by atoms with van der Waals surface area (Å²) >= 11 is -3.14. The van der Waals surface area contributed by atoms with Crippen LogP contribution >= 0.6 is 0 Å². The van der Waals surface area contributed by atoms with E-state index in [-0.39, 0.29) is 10.4 Å². The molecule has 1 nitrogen and oxygen atoms in total. The average molecular weight is 437 g/mol. The van der Waals surface area contributed by atoms with Crippen LogP contribution in [0.1, 0.15) is 73.1 Å². The summed E-state index contributed by atoms with van der Waals surface area (Å²) < 4.78 is 36.5. The zero-order valence-corrected chi connectivity index (χ0v) is 18.7. The second kappa shape index (κ2) is 13.3. The van der Waals surface area contributed by atoms with Crippen molar-refractivity contribution in [3.63, 3.8) is 0 Å². The van der Waals surface area contributed by atoms with Gasteiger partial charge in [0.15, 0.2) is 0 Å². The summed E-state index contributed by atoms with van der Waals surface area (Å²) in [5.41, 5.74) is 1.11. The van der Waals surface area contributed by atoms with Gasteiger partial charge in [-0.2, -0.15) is 0 Å². The Labute approximate surface area is 146 Å². The molecule has 0 aliphatic carbocycles. The molecule has 0 atom stereocenters. The molecule has 0 spiro atoms. The molecule has 0 unspecified atom stereocenters. The van der Waals surface area contributed by atoms with E-state index in [1.54, 1.807) is 0 Å².